The van der Waals surface area contributed by atoms with Gasteiger partial charge in [-0.25, -0.2) is 0 Å². The van der Waals surface area contributed by atoms with E-state index in [4.69, 9.17) is 4.52 Å². The predicted octanol–water partition coefficient (Wildman–Crippen LogP) is 1.79. The molecule has 118 valence electrons. The van der Waals surface area contributed by atoms with Gasteiger partial charge in [-0.3, -0.25) is 0 Å². The molecule has 0 bridgehead atoms. The summed E-state index contributed by atoms with van der Waals surface area (Å²) in [5, 5.41) is 7.20. The number of benzene rings is 1. The topological polar surface area (TPSA) is 57.4 Å². The Balaban J connectivity index is 1.40. The standard InChI is InChI=1S/C16H23N5O/c1-20-10-12-21(13-11-20)9-5-8-17-16-18-15(19-22-16)14-6-3-2-4-7-14/h2-4,6-7H,5,8-13H2,1H3,(H,17,18,19). The van der Waals surface area contributed by atoms with Crippen LogP contribution in [0.2, 0.25) is 0 Å². The lowest BCUT2D eigenvalue weighted by atomic mass is 10.2. The number of piperazine rings is 1. The summed E-state index contributed by atoms with van der Waals surface area (Å²) in [5.74, 6) is 0.627. The molecule has 0 aliphatic carbocycles. The molecule has 3 rings (SSSR count). The van der Waals surface area contributed by atoms with Gasteiger partial charge in [0.25, 0.3) is 0 Å². The fraction of sp³-hybridized carbons (Fsp3) is 0.500. The predicted molar refractivity (Wildman–Crippen MR) is 86.8 cm³/mol. The van der Waals surface area contributed by atoms with Gasteiger partial charge in [0.05, 0.1) is 0 Å². The van der Waals surface area contributed by atoms with Gasteiger partial charge >= 0.3 is 6.01 Å². The number of rotatable bonds is 6. The molecule has 0 saturated carbocycles. The Bertz CT molecular complexity index is 563. The molecule has 1 aromatic heterocycles. The van der Waals surface area contributed by atoms with Crippen LogP contribution in [-0.2, 0) is 0 Å². The maximum absolute atomic E-state index is 5.23. The molecular formula is C16H23N5O. The van der Waals surface area contributed by atoms with Crippen molar-refractivity contribution in [2.24, 2.45) is 0 Å². The average Bonchev–Trinajstić information content (AvgIpc) is 3.03. The van der Waals surface area contributed by atoms with Crippen LogP contribution in [0.1, 0.15) is 6.42 Å². The summed E-state index contributed by atoms with van der Waals surface area (Å²) in [4.78, 5) is 9.24. The molecule has 0 atom stereocenters. The molecule has 1 fully saturated rings. The van der Waals surface area contributed by atoms with Crippen molar-refractivity contribution in [2.75, 3.05) is 51.6 Å². The summed E-state index contributed by atoms with van der Waals surface area (Å²) in [5.41, 5.74) is 0.969. The van der Waals surface area contributed by atoms with Gasteiger partial charge < -0.3 is 19.6 Å². The van der Waals surface area contributed by atoms with Crippen LogP contribution >= 0.6 is 0 Å². The van der Waals surface area contributed by atoms with Crippen molar-refractivity contribution in [3.05, 3.63) is 30.3 Å². The van der Waals surface area contributed by atoms with Crippen molar-refractivity contribution in [1.29, 1.82) is 0 Å². The number of nitrogens with one attached hydrogen (secondary N) is 1. The third-order valence-electron chi connectivity index (χ3n) is 3.98. The summed E-state index contributed by atoms with van der Waals surface area (Å²) < 4.78 is 5.23. The van der Waals surface area contributed by atoms with Crippen LogP contribution < -0.4 is 5.32 Å². The molecule has 1 N–H and O–H groups in total. The first-order chi connectivity index (χ1) is 10.8. The van der Waals surface area contributed by atoms with E-state index in [-0.39, 0.29) is 0 Å². The molecular weight excluding hydrogens is 278 g/mol. The van der Waals surface area contributed by atoms with Gasteiger partial charge in [-0.05, 0) is 20.0 Å². The molecule has 6 nitrogen and oxygen atoms in total. The lowest BCUT2D eigenvalue weighted by molar-refractivity contribution is 0.154. The molecule has 22 heavy (non-hydrogen) atoms. The van der Waals surface area contributed by atoms with Crippen molar-refractivity contribution in [1.82, 2.24) is 19.9 Å². The highest BCUT2D eigenvalue weighted by Crippen LogP contribution is 2.16. The minimum atomic E-state index is 0.497. The van der Waals surface area contributed by atoms with E-state index >= 15 is 0 Å². The van der Waals surface area contributed by atoms with E-state index in [0.29, 0.717) is 11.8 Å². The van der Waals surface area contributed by atoms with Crippen LogP contribution in [0.15, 0.2) is 34.9 Å². The van der Waals surface area contributed by atoms with Gasteiger partial charge in [-0.2, -0.15) is 4.98 Å². The Morgan fingerprint density at radius 2 is 1.91 bits per heavy atom. The quantitative estimate of drug-likeness (QED) is 0.821. The number of hydrogen-bond donors (Lipinski definition) is 1. The lowest BCUT2D eigenvalue weighted by Crippen LogP contribution is -2.44. The van der Waals surface area contributed by atoms with Crippen LogP contribution in [0, 0.1) is 0 Å². The van der Waals surface area contributed by atoms with E-state index < -0.39 is 0 Å². The van der Waals surface area contributed by atoms with E-state index in [1.807, 2.05) is 30.3 Å². The zero-order valence-electron chi connectivity index (χ0n) is 13.0. The van der Waals surface area contributed by atoms with Crippen LogP contribution in [0.25, 0.3) is 11.4 Å². The Morgan fingerprint density at radius 3 is 2.68 bits per heavy atom. The number of aromatic nitrogens is 2. The van der Waals surface area contributed by atoms with Gasteiger partial charge in [0.15, 0.2) is 0 Å². The first-order valence-corrected chi connectivity index (χ1v) is 7.85. The highest BCUT2D eigenvalue weighted by atomic mass is 16.5. The van der Waals surface area contributed by atoms with E-state index in [2.05, 4.69) is 32.3 Å². The SMILES string of the molecule is CN1CCN(CCCNc2nc(-c3ccccc3)no2)CC1. The summed E-state index contributed by atoms with van der Waals surface area (Å²) in [7, 11) is 2.18. The first kappa shape index (κ1) is 15.0. The summed E-state index contributed by atoms with van der Waals surface area (Å²) in [6.45, 7) is 6.61. The minimum absolute atomic E-state index is 0.497. The zero-order valence-corrected chi connectivity index (χ0v) is 13.0. The fourth-order valence-corrected chi connectivity index (χ4v) is 2.57. The Hall–Kier alpha value is -1.92. The van der Waals surface area contributed by atoms with Crippen LogP contribution in [0.4, 0.5) is 6.01 Å². The maximum Gasteiger partial charge on any atom is 0.321 e. The first-order valence-electron chi connectivity index (χ1n) is 7.85. The minimum Gasteiger partial charge on any atom is -0.338 e. The number of likely N-dealkylation sites (N-methyl/N-ethyl adjacent to an activating group) is 1. The molecule has 6 heteroatoms. The van der Waals surface area contributed by atoms with Gasteiger partial charge in [-0.15, -0.1) is 0 Å². The highest BCUT2D eigenvalue weighted by Gasteiger charge is 2.13. The fourth-order valence-electron chi connectivity index (χ4n) is 2.57. The second-order valence-corrected chi connectivity index (χ2v) is 5.71. The molecule has 1 saturated heterocycles. The number of nitrogens with zero attached hydrogens (tertiary/aromatic N) is 4. The van der Waals surface area contributed by atoms with Gasteiger partial charge in [0, 0.05) is 38.3 Å². The monoisotopic (exact) mass is 301 g/mol. The summed E-state index contributed by atoms with van der Waals surface area (Å²) in [6, 6.07) is 10.4. The van der Waals surface area contributed by atoms with Crippen molar-refractivity contribution < 1.29 is 4.52 Å². The largest absolute Gasteiger partial charge is 0.338 e. The van der Waals surface area contributed by atoms with E-state index in [1.54, 1.807) is 0 Å². The van der Waals surface area contributed by atoms with Gasteiger partial charge in [0.2, 0.25) is 5.82 Å². The van der Waals surface area contributed by atoms with E-state index in [1.165, 1.54) is 0 Å². The molecule has 0 unspecified atom stereocenters. The summed E-state index contributed by atoms with van der Waals surface area (Å²) in [6.07, 6.45) is 1.08. The normalized spacial score (nSPS) is 16.8. The lowest BCUT2D eigenvalue weighted by Gasteiger charge is -2.32. The molecule has 2 aromatic rings. The third-order valence-corrected chi connectivity index (χ3v) is 3.98. The van der Waals surface area contributed by atoms with Crippen molar-refractivity contribution in [3.8, 4) is 11.4 Å². The molecule has 0 amide bonds. The van der Waals surface area contributed by atoms with Gasteiger partial charge in [-0.1, -0.05) is 35.5 Å². The van der Waals surface area contributed by atoms with Crippen molar-refractivity contribution in [3.63, 3.8) is 0 Å². The van der Waals surface area contributed by atoms with Gasteiger partial charge in [0.1, 0.15) is 0 Å². The van der Waals surface area contributed by atoms with E-state index in [9.17, 15) is 0 Å². The Labute approximate surface area is 131 Å². The molecule has 0 spiro atoms. The Morgan fingerprint density at radius 1 is 1.14 bits per heavy atom. The molecule has 0 radical (unpaired) electrons. The second kappa shape index (κ2) is 7.38. The van der Waals surface area contributed by atoms with Crippen LogP contribution in [0.3, 0.4) is 0 Å². The highest BCUT2D eigenvalue weighted by molar-refractivity contribution is 5.54. The maximum atomic E-state index is 5.23. The molecule has 1 aromatic carbocycles. The van der Waals surface area contributed by atoms with Crippen molar-refractivity contribution >= 4 is 6.01 Å². The van der Waals surface area contributed by atoms with Crippen LogP contribution in [-0.4, -0.2) is 66.3 Å². The number of hydrogen-bond acceptors (Lipinski definition) is 6. The smallest absolute Gasteiger partial charge is 0.321 e. The summed E-state index contributed by atoms with van der Waals surface area (Å²) >= 11 is 0. The van der Waals surface area contributed by atoms with Crippen molar-refractivity contribution in [2.45, 2.75) is 6.42 Å². The molecule has 1 aliphatic heterocycles. The zero-order chi connectivity index (χ0) is 15.2. The third kappa shape index (κ3) is 4.05. The number of anilines is 1. The van der Waals surface area contributed by atoms with Crippen LogP contribution in [0.5, 0.6) is 0 Å². The Kier molecular flexibility index (Phi) is 5.03. The van der Waals surface area contributed by atoms with E-state index in [0.717, 1.165) is 51.3 Å². The average molecular weight is 301 g/mol. The molecule has 1 aliphatic rings. The molecule has 2 heterocycles. The second-order valence-electron chi connectivity index (χ2n) is 5.71.